The second kappa shape index (κ2) is 6.19. The zero-order chi connectivity index (χ0) is 13.8. The molecule has 0 amide bonds. The molecular formula is C14H24N4O. The van der Waals surface area contributed by atoms with Crippen LogP contribution in [-0.4, -0.2) is 35.7 Å². The van der Waals surface area contributed by atoms with E-state index >= 15 is 0 Å². The quantitative estimate of drug-likeness (QED) is 0.897. The molecule has 0 unspecified atom stereocenters. The van der Waals surface area contributed by atoms with Crippen LogP contribution in [0.25, 0.3) is 0 Å². The fourth-order valence-corrected chi connectivity index (χ4v) is 2.34. The summed E-state index contributed by atoms with van der Waals surface area (Å²) in [7, 11) is 0. The minimum absolute atomic E-state index is 0.130. The van der Waals surface area contributed by atoms with E-state index in [0.717, 1.165) is 44.1 Å². The van der Waals surface area contributed by atoms with E-state index < -0.39 is 0 Å². The lowest BCUT2D eigenvalue weighted by Gasteiger charge is -2.31. The van der Waals surface area contributed by atoms with Crippen LogP contribution < -0.4 is 15.4 Å². The maximum Gasteiger partial charge on any atom is 0.228 e. The van der Waals surface area contributed by atoms with Gasteiger partial charge in [0.15, 0.2) is 0 Å². The van der Waals surface area contributed by atoms with E-state index in [9.17, 15) is 0 Å². The molecule has 1 aromatic heterocycles. The molecule has 0 saturated carbocycles. The topological polar surface area (TPSA) is 64.3 Å². The van der Waals surface area contributed by atoms with Crippen molar-refractivity contribution in [3.05, 3.63) is 11.8 Å². The van der Waals surface area contributed by atoms with Gasteiger partial charge in [0.05, 0.1) is 6.10 Å². The molecule has 1 aliphatic rings. The highest BCUT2D eigenvalue weighted by Crippen LogP contribution is 2.22. The Balaban J connectivity index is 2.09. The molecular weight excluding hydrogens is 240 g/mol. The molecule has 1 saturated heterocycles. The second-order valence-electron chi connectivity index (χ2n) is 5.48. The van der Waals surface area contributed by atoms with Crippen LogP contribution in [0.4, 0.5) is 5.95 Å². The van der Waals surface area contributed by atoms with Crippen LogP contribution in [0.15, 0.2) is 6.07 Å². The Labute approximate surface area is 115 Å². The van der Waals surface area contributed by atoms with E-state index in [1.54, 1.807) is 0 Å². The Hall–Kier alpha value is -1.36. The predicted molar refractivity (Wildman–Crippen MR) is 76.5 cm³/mol. The van der Waals surface area contributed by atoms with Crippen molar-refractivity contribution in [2.45, 2.75) is 39.7 Å². The highest BCUT2D eigenvalue weighted by Gasteiger charge is 2.20. The number of nitrogens with zero attached hydrogens (tertiary/aromatic N) is 3. The van der Waals surface area contributed by atoms with Crippen molar-refractivity contribution < 1.29 is 4.74 Å². The van der Waals surface area contributed by atoms with Crippen molar-refractivity contribution in [1.29, 1.82) is 0 Å². The number of piperidine rings is 1. The van der Waals surface area contributed by atoms with Gasteiger partial charge in [-0.25, -0.2) is 4.98 Å². The standard InChI is InChI=1S/C14H24N4O/c1-10(2)19-13-8-11(3)16-14(17-13)18-6-4-12(9-15)5-7-18/h8,10,12H,4-7,9,15H2,1-3H3. The first-order chi connectivity index (χ1) is 9.08. The zero-order valence-electron chi connectivity index (χ0n) is 12.1. The molecule has 0 bridgehead atoms. The Bertz CT molecular complexity index is 414. The maximum absolute atomic E-state index is 5.72. The fourth-order valence-electron chi connectivity index (χ4n) is 2.34. The summed E-state index contributed by atoms with van der Waals surface area (Å²) in [6.45, 7) is 8.72. The summed E-state index contributed by atoms with van der Waals surface area (Å²) in [4.78, 5) is 11.3. The number of hydrogen-bond acceptors (Lipinski definition) is 5. The van der Waals surface area contributed by atoms with Gasteiger partial charge in [0.2, 0.25) is 11.8 Å². The molecule has 1 fully saturated rings. The molecule has 1 aliphatic heterocycles. The summed E-state index contributed by atoms with van der Waals surface area (Å²) in [6.07, 6.45) is 2.37. The van der Waals surface area contributed by atoms with Crippen LogP contribution >= 0.6 is 0 Å². The minimum Gasteiger partial charge on any atom is -0.475 e. The van der Waals surface area contributed by atoms with Gasteiger partial charge in [-0.15, -0.1) is 0 Å². The van der Waals surface area contributed by atoms with E-state index in [-0.39, 0.29) is 6.10 Å². The van der Waals surface area contributed by atoms with Gasteiger partial charge >= 0.3 is 0 Å². The number of aryl methyl sites for hydroxylation is 1. The summed E-state index contributed by atoms with van der Waals surface area (Å²) in [5, 5.41) is 0. The highest BCUT2D eigenvalue weighted by molar-refractivity contribution is 5.34. The maximum atomic E-state index is 5.72. The van der Waals surface area contributed by atoms with E-state index in [4.69, 9.17) is 10.5 Å². The molecule has 5 nitrogen and oxygen atoms in total. The number of nitrogens with two attached hydrogens (primary N) is 1. The van der Waals surface area contributed by atoms with E-state index in [2.05, 4.69) is 14.9 Å². The summed E-state index contributed by atoms with van der Waals surface area (Å²) >= 11 is 0. The molecule has 0 aliphatic carbocycles. The van der Waals surface area contributed by atoms with Crippen molar-refractivity contribution in [2.24, 2.45) is 11.7 Å². The first-order valence-electron chi connectivity index (χ1n) is 7.06. The molecule has 2 rings (SSSR count). The molecule has 19 heavy (non-hydrogen) atoms. The number of hydrogen-bond donors (Lipinski definition) is 1. The molecule has 2 heterocycles. The van der Waals surface area contributed by atoms with Crippen LogP contribution in [0.2, 0.25) is 0 Å². The third-order valence-corrected chi connectivity index (χ3v) is 3.41. The van der Waals surface area contributed by atoms with Crippen molar-refractivity contribution in [3.8, 4) is 5.88 Å². The summed E-state index contributed by atoms with van der Waals surface area (Å²) in [6, 6.07) is 1.89. The first kappa shape index (κ1) is 14.1. The molecule has 1 aromatic rings. The van der Waals surface area contributed by atoms with Crippen molar-refractivity contribution in [2.75, 3.05) is 24.5 Å². The summed E-state index contributed by atoms with van der Waals surface area (Å²) < 4.78 is 5.67. The largest absolute Gasteiger partial charge is 0.475 e. The molecule has 0 aromatic carbocycles. The van der Waals surface area contributed by atoms with Crippen molar-refractivity contribution >= 4 is 5.95 Å². The first-order valence-corrected chi connectivity index (χ1v) is 7.06. The zero-order valence-corrected chi connectivity index (χ0v) is 12.1. The SMILES string of the molecule is Cc1cc(OC(C)C)nc(N2CCC(CN)CC2)n1. The van der Waals surface area contributed by atoms with E-state index in [1.165, 1.54) is 0 Å². The summed E-state index contributed by atoms with van der Waals surface area (Å²) in [5.74, 6) is 2.09. The fraction of sp³-hybridized carbons (Fsp3) is 0.714. The average molecular weight is 264 g/mol. The van der Waals surface area contributed by atoms with Crippen LogP contribution in [0.1, 0.15) is 32.4 Å². The molecule has 2 N–H and O–H groups in total. The van der Waals surface area contributed by atoms with Crippen LogP contribution in [0.5, 0.6) is 5.88 Å². The monoisotopic (exact) mass is 264 g/mol. The molecule has 0 spiro atoms. The molecule has 0 atom stereocenters. The van der Waals surface area contributed by atoms with Crippen molar-refractivity contribution in [3.63, 3.8) is 0 Å². The second-order valence-corrected chi connectivity index (χ2v) is 5.48. The molecule has 106 valence electrons. The van der Waals surface area contributed by atoms with Gasteiger partial charge in [-0.2, -0.15) is 4.98 Å². The van der Waals surface area contributed by atoms with Gasteiger partial charge in [0, 0.05) is 24.8 Å². The molecule has 5 heteroatoms. The van der Waals surface area contributed by atoms with E-state index in [0.29, 0.717) is 11.8 Å². The third kappa shape index (κ3) is 3.80. The molecule has 0 radical (unpaired) electrons. The lowest BCUT2D eigenvalue weighted by Crippen LogP contribution is -2.37. The lowest BCUT2D eigenvalue weighted by atomic mass is 9.97. The van der Waals surface area contributed by atoms with Crippen LogP contribution in [0, 0.1) is 12.8 Å². The predicted octanol–water partition coefficient (Wildman–Crippen LogP) is 1.75. The highest BCUT2D eigenvalue weighted by atomic mass is 16.5. The Kier molecular flexibility index (Phi) is 4.58. The van der Waals surface area contributed by atoms with Crippen LogP contribution in [0.3, 0.4) is 0 Å². The van der Waals surface area contributed by atoms with Gasteiger partial charge in [0.25, 0.3) is 0 Å². The number of ether oxygens (including phenoxy) is 1. The van der Waals surface area contributed by atoms with Gasteiger partial charge in [-0.3, -0.25) is 0 Å². The average Bonchev–Trinajstić information content (AvgIpc) is 2.37. The number of anilines is 1. The van der Waals surface area contributed by atoms with Gasteiger partial charge < -0.3 is 15.4 Å². The Morgan fingerprint density at radius 3 is 2.63 bits per heavy atom. The normalized spacial score (nSPS) is 17.0. The lowest BCUT2D eigenvalue weighted by molar-refractivity contribution is 0.232. The van der Waals surface area contributed by atoms with Gasteiger partial charge in [0.1, 0.15) is 0 Å². The minimum atomic E-state index is 0.130. The van der Waals surface area contributed by atoms with Gasteiger partial charge in [-0.1, -0.05) is 0 Å². The van der Waals surface area contributed by atoms with Gasteiger partial charge in [-0.05, 0) is 46.1 Å². The Morgan fingerprint density at radius 1 is 1.37 bits per heavy atom. The van der Waals surface area contributed by atoms with Crippen LogP contribution in [-0.2, 0) is 0 Å². The third-order valence-electron chi connectivity index (χ3n) is 3.41. The number of aromatic nitrogens is 2. The smallest absolute Gasteiger partial charge is 0.228 e. The number of rotatable bonds is 4. The van der Waals surface area contributed by atoms with E-state index in [1.807, 2.05) is 26.8 Å². The summed E-state index contributed by atoms with van der Waals surface area (Å²) in [5.41, 5.74) is 6.67. The van der Waals surface area contributed by atoms with Crippen molar-refractivity contribution in [1.82, 2.24) is 9.97 Å². The Morgan fingerprint density at radius 2 is 2.05 bits per heavy atom.